The first-order valence-corrected chi connectivity index (χ1v) is 8.55. The van der Waals surface area contributed by atoms with Gasteiger partial charge in [0.05, 0.1) is 0 Å². The molecular weight excluding hydrogens is 290 g/mol. The van der Waals surface area contributed by atoms with Gasteiger partial charge in [-0.25, -0.2) is 0 Å². The summed E-state index contributed by atoms with van der Waals surface area (Å²) in [5.74, 6) is -0.0475. The maximum absolute atomic E-state index is 12.8. The molecule has 1 aromatic rings. The molecule has 23 heavy (non-hydrogen) atoms. The van der Waals surface area contributed by atoms with Crippen LogP contribution in [0.3, 0.4) is 0 Å². The molecule has 1 aliphatic carbocycles. The number of anilines is 1. The maximum Gasteiger partial charge on any atom is 0.238 e. The highest BCUT2D eigenvalue weighted by Gasteiger charge is 2.57. The van der Waals surface area contributed by atoms with E-state index in [1.165, 1.54) is 5.69 Å². The molecule has 2 amide bonds. The van der Waals surface area contributed by atoms with E-state index in [-0.39, 0.29) is 11.8 Å². The molecule has 2 fully saturated rings. The first-order chi connectivity index (χ1) is 11.2. The van der Waals surface area contributed by atoms with Crippen LogP contribution in [0.5, 0.6) is 0 Å². The number of nitrogens with one attached hydrogen (secondary N) is 1. The molecule has 0 radical (unpaired) electrons. The zero-order chi connectivity index (χ0) is 16.3. The highest BCUT2D eigenvalue weighted by molar-refractivity contribution is 6.07. The Kier molecular flexibility index (Phi) is 4.55. The van der Waals surface area contributed by atoms with E-state index in [1.807, 2.05) is 30.0 Å². The Bertz CT molecular complexity index is 561. The number of hydrogen-bond donors (Lipinski definition) is 1. The third kappa shape index (κ3) is 3.19. The van der Waals surface area contributed by atoms with Crippen LogP contribution in [0.2, 0.25) is 0 Å². The lowest BCUT2D eigenvalue weighted by atomic mass is 10.0. The van der Waals surface area contributed by atoms with Crippen molar-refractivity contribution in [1.82, 2.24) is 10.2 Å². The van der Waals surface area contributed by atoms with Gasteiger partial charge < -0.3 is 15.1 Å². The predicted octanol–water partition coefficient (Wildman–Crippen LogP) is 1.64. The van der Waals surface area contributed by atoms with Gasteiger partial charge in [0.1, 0.15) is 5.41 Å². The second-order valence-corrected chi connectivity index (χ2v) is 6.45. The molecule has 5 heteroatoms. The Labute approximate surface area is 137 Å². The first kappa shape index (κ1) is 15.8. The van der Waals surface area contributed by atoms with Gasteiger partial charge >= 0.3 is 0 Å². The van der Waals surface area contributed by atoms with E-state index in [0.717, 1.165) is 19.5 Å². The zero-order valence-electron chi connectivity index (χ0n) is 13.8. The summed E-state index contributed by atoms with van der Waals surface area (Å²) in [6, 6.07) is 10.3. The first-order valence-electron chi connectivity index (χ1n) is 8.55. The molecule has 0 spiro atoms. The van der Waals surface area contributed by atoms with E-state index < -0.39 is 5.41 Å². The highest BCUT2D eigenvalue weighted by Crippen LogP contribution is 2.47. The fourth-order valence-electron chi connectivity index (χ4n) is 3.18. The summed E-state index contributed by atoms with van der Waals surface area (Å²) in [5.41, 5.74) is 0.436. The van der Waals surface area contributed by atoms with E-state index in [1.54, 1.807) is 0 Å². The number of carbonyl (C=O) groups is 2. The van der Waals surface area contributed by atoms with Crippen molar-refractivity contribution in [3.05, 3.63) is 30.3 Å². The third-order valence-corrected chi connectivity index (χ3v) is 4.82. The van der Waals surface area contributed by atoms with Gasteiger partial charge in [-0.3, -0.25) is 9.59 Å². The minimum atomic E-state index is -0.760. The lowest BCUT2D eigenvalue weighted by Gasteiger charge is -2.37. The fourth-order valence-corrected chi connectivity index (χ4v) is 3.18. The molecule has 1 saturated heterocycles. The molecule has 1 heterocycles. The van der Waals surface area contributed by atoms with E-state index in [2.05, 4.69) is 22.3 Å². The van der Waals surface area contributed by atoms with Gasteiger partial charge in [0.25, 0.3) is 0 Å². The zero-order valence-corrected chi connectivity index (χ0v) is 13.8. The standard InChI is InChI=1S/C18H25N3O2/c1-2-10-19-16(22)18(8-9-18)17(23)21-13-11-20(12-14-21)15-6-4-3-5-7-15/h3-7H,2,8-14H2,1H3,(H,19,22). The largest absolute Gasteiger partial charge is 0.368 e. The molecule has 0 atom stereocenters. The van der Waals surface area contributed by atoms with Crippen LogP contribution in [0, 0.1) is 5.41 Å². The lowest BCUT2D eigenvalue weighted by Crippen LogP contribution is -2.53. The van der Waals surface area contributed by atoms with E-state index in [9.17, 15) is 9.59 Å². The molecule has 0 aromatic heterocycles. The summed E-state index contributed by atoms with van der Waals surface area (Å²) in [6.45, 7) is 5.69. The van der Waals surface area contributed by atoms with Gasteiger partial charge in [-0.2, -0.15) is 0 Å². The van der Waals surface area contributed by atoms with Crippen LogP contribution in [-0.4, -0.2) is 49.4 Å². The number of benzene rings is 1. The number of para-hydroxylation sites is 1. The topological polar surface area (TPSA) is 52.7 Å². The van der Waals surface area contributed by atoms with Crippen molar-refractivity contribution < 1.29 is 9.59 Å². The van der Waals surface area contributed by atoms with Crippen molar-refractivity contribution in [3.8, 4) is 0 Å². The molecule has 1 saturated carbocycles. The normalized spacial score (nSPS) is 19.3. The van der Waals surface area contributed by atoms with Gasteiger partial charge in [0, 0.05) is 38.4 Å². The van der Waals surface area contributed by atoms with Crippen molar-refractivity contribution in [2.24, 2.45) is 5.41 Å². The molecule has 0 bridgehead atoms. The Balaban J connectivity index is 1.57. The van der Waals surface area contributed by atoms with E-state index in [0.29, 0.717) is 32.5 Å². The minimum Gasteiger partial charge on any atom is -0.368 e. The highest BCUT2D eigenvalue weighted by atomic mass is 16.2. The molecule has 1 N–H and O–H groups in total. The van der Waals surface area contributed by atoms with E-state index in [4.69, 9.17) is 0 Å². The summed E-state index contributed by atoms with van der Waals surface area (Å²) in [7, 11) is 0. The second-order valence-electron chi connectivity index (χ2n) is 6.45. The Morgan fingerprint density at radius 1 is 1.09 bits per heavy atom. The Morgan fingerprint density at radius 3 is 2.30 bits per heavy atom. The van der Waals surface area contributed by atoms with E-state index >= 15 is 0 Å². The summed E-state index contributed by atoms with van der Waals surface area (Å²) in [4.78, 5) is 29.2. The van der Waals surface area contributed by atoms with Gasteiger partial charge in [0.15, 0.2) is 0 Å². The number of carbonyl (C=O) groups excluding carboxylic acids is 2. The van der Waals surface area contributed by atoms with Crippen LogP contribution in [0.25, 0.3) is 0 Å². The Hall–Kier alpha value is -2.04. The quantitative estimate of drug-likeness (QED) is 0.841. The predicted molar refractivity (Wildman–Crippen MR) is 90.2 cm³/mol. The maximum atomic E-state index is 12.8. The molecular formula is C18H25N3O2. The lowest BCUT2D eigenvalue weighted by molar-refractivity contribution is -0.144. The summed E-state index contributed by atoms with van der Waals surface area (Å²) < 4.78 is 0. The number of piperazine rings is 1. The SMILES string of the molecule is CCCNC(=O)C1(C(=O)N2CCN(c3ccccc3)CC2)CC1. The summed E-state index contributed by atoms with van der Waals surface area (Å²) >= 11 is 0. The van der Waals surface area contributed by atoms with Crippen LogP contribution in [0.15, 0.2) is 30.3 Å². The van der Waals surface area contributed by atoms with Crippen molar-refractivity contribution in [2.75, 3.05) is 37.6 Å². The van der Waals surface area contributed by atoms with Crippen molar-refractivity contribution >= 4 is 17.5 Å². The average molecular weight is 315 g/mol. The molecule has 3 rings (SSSR count). The fraction of sp³-hybridized carbons (Fsp3) is 0.556. The molecule has 2 aliphatic rings. The number of hydrogen-bond acceptors (Lipinski definition) is 3. The number of rotatable bonds is 5. The minimum absolute atomic E-state index is 0.0267. The van der Waals surface area contributed by atoms with Crippen LogP contribution in [0.4, 0.5) is 5.69 Å². The van der Waals surface area contributed by atoms with Crippen LogP contribution in [0.1, 0.15) is 26.2 Å². The van der Waals surface area contributed by atoms with Crippen molar-refractivity contribution in [2.45, 2.75) is 26.2 Å². The number of amides is 2. The van der Waals surface area contributed by atoms with Crippen molar-refractivity contribution in [1.29, 1.82) is 0 Å². The second kappa shape index (κ2) is 6.60. The van der Waals surface area contributed by atoms with Gasteiger partial charge in [0.2, 0.25) is 11.8 Å². The summed E-state index contributed by atoms with van der Waals surface area (Å²) in [5, 5.41) is 2.89. The Morgan fingerprint density at radius 2 is 1.74 bits per heavy atom. The van der Waals surface area contributed by atoms with Gasteiger partial charge in [-0.15, -0.1) is 0 Å². The van der Waals surface area contributed by atoms with Gasteiger partial charge in [-0.1, -0.05) is 25.1 Å². The van der Waals surface area contributed by atoms with Crippen LogP contribution < -0.4 is 10.2 Å². The third-order valence-electron chi connectivity index (χ3n) is 4.82. The molecule has 0 unspecified atom stereocenters. The summed E-state index contributed by atoms with van der Waals surface area (Å²) in [6.07, 6.45) is 2.28. The van der Waals surface area contributed by atoms with Crippen LogP contribution in [-0.2, 0) is 9.59 Å². The smallest absolute Gasteiger partial charge is 0.238 e. The number of nitrogens with zero attached hydrogens (tertiary/aromatic N) is 2. The van der Waals surface area contributed by atoms with Gasteiger partial charge in [-0.05, 0) is 31.4 Å². The molecule has 5 nitrogen and oxygen atoms in total. The van der Waals surface area contributed by atoms with Crippen molar-refractivity contribution in [3.63, 3.8) is 0 Å². The molecule has 124 valence electrons. The molecule has 1 aromatic carbocycles. The monoisotopic (exact) mass is 315 g/mol. The average Bonchev–Trinajstić information content (AvgIpc) is 3.42. The molecule has 1 aliphatic heterocycles. The van der Waals surface area contributed by atoms with Crippen LogP contribution >= 0.6 is 0 Å².